The molecule has 0 atom stereocenters. The van der Waals surface area contributed by atoms with Gasteiger partial charge >= 0.3 is 13.1 Å². The van der Waals surface area contributed by atoms with Crippen molar-refractivity contribution in [1.29, 1.82) is 0 Å². The molecule has 0 aliphatic rings. The maximum Gasteiger partial charge on any atom is 0.488 e. The monoisotopic (exact) mass is 423 g/mol. The normalized spacial score (nSPS) is 10.5. The molecule has 0 saturated heterocycles. The van der Waals surface area contributed by atoms with E-state index in [1.807, 2.05) is 35.7 Å². The third-order valence-corrected chi connectivity index (χ3v) is 5.42. The van der Waals surface area contributed by atoms with E-state index in [4.69, 9.17) is 4.74 Å². The number of thiophene rings is 1. The Balaban J connectivity index is 1.56. The molecule has 0 bridgehead atoms. The SMILES string of the molecule is CCOC(=O)Cc1ccc(CNC(=O)c2cc(-c3ccc(B(O)O)cc3)cs2)cc1. The van der Waals surface area contributed by atoms with Crippen molar-refractivity contribution in [2.45, 2.75) is 19.9 Å². The van der Waals surface area contributed by atoms with Crippen LogP contribution in [0.5, 0.6) is 0 Å². The average molecular weight is 423 g/mol. The Morgan fingerprint density at radius 2 is 1.67 bits per heavy atom. The Bertz CT molecular complexity index is 999. The first-order valence-electron chi connectivity index (χ1n) is 9.53. The number of benzene rings is 2. The predicted octanol–water partition coefficient (Wildman–Crippen LogP) is 2.13. The number of carbonyl (C=O) groups is 2. The minimum absolute atomic E-state index is 0.163. The van der Waals surface area contributed by atoms with Crippen LogP contribution in [0.4, 0.5) is 0 Å². The molecule has 1 heterocycles. The summed E-state index contributed by atoms with van der Waals surface area (Å²) in [4.78, 5) is 24.6. The number of nitrogens with one attached hydrogen (secondary N) is 1. The van der Waals surface area contributed by atoms with Crippen LogP contribution in [0.2, 0.25) is 0 Å². The first-order chi connectivity index (χ1) is 14.5. The predicted molar refractivity (Wildman–Crippen MR) is 118 cm³/mol. The second kappa shape index (κ2) is 10.2. The molecular weight excluding hydrogens is 401 g/mol. The fraction of sp³-hybridized carbons (Fsp3) is 0.182. The van der Waals surface area contributed by atoms with E-state index in [0.29, 0.717) is 23.5 Å². The molecule has 0 spiro atoms. The summed E-state index contributed by atoms with van der Waals surface area (Å²) in [7, 11) is -1.50. The summed E-state index contributed by atoms with van der Waals surface area (Å²) in [6.45, 7) is 2.53. The smallest absolute Gasteiger partial charge is 0.466 e. The topological polar surface area (TPSA) is 95.9 Å². The van der Waals surface area contributed by atoms with Crippen LogP contribution in [0.25, 0.3) is 11.1 Å². The summed E-state index contributed by atoms with van der Waals surface area (Å²) >= 11 is 1.35. The van der Waals surface area contributed by atoms with Gasteiger partial charge in [-0.1, -0.05) is 48.5 Å². The largest absolute Gasteiger partial charge is 0.488 e. The molecule has 0 fully saturated rings. The van der Waals surface area contributed by atoms with Gasteiger partial charge < -0.3 is 20.1 Å². The van der Waals surface area contributed by atoms with Gasteiger partial charge in [-0.25, -0.2) is 0 Å². The molecular formula is C22H22BNO5S. The highest BCUT2D eigenvalue weighted by Crippen LogP contribution is 2.25. The summed E-state index contributed by atoms with van der Waals surface area (Å²) < 4.78 is 4.94. The number of ether oxygens (including phenoxy) is 1. The van der Waals surface area contributed by atoms with Gasteiger partial charge in [0.1, 0.15) is 0 Å². The fourth-order valence-corrected chi connectivity index (χ4v) is 3.71. The van der Waals surface area contributed by atoms with Crippen molar-refractivity contribution in [3.63, 3.8) is 0 Å². The lowest BCUT2D eigenvalue weighted by Crippen LogP contribution is -2.29. The molecule has 6 nitrogen and oxygen atoms in total. The Hall–Kier alpha value is -2.94. The molecule has 0 saturated carbocycles. The molecule has 30 heavy (non-hydrogen) atoms. The van der Waals surface area contributed by atoms with Crippen molar-refractivity contribution in [2.75, 3.05) is 6.61 Å². The summed E-state index contributed by atoms with van der Waals surface area (Å²) in [5, 5.41) is 23.1. The van der Waals surface area contributed by atoms with Gasteiger partial charge in [-0.2, -0.15) is 0 Å². The number of carbonyl (C=O) groups excluding carboxylic acids is 2. The molecule has 154 valence electrons. The highest BCUT2D eigenvalue weighted by molar-refractivity contribution is 7.12. The van der Waals surface area contributed by atoms with Gasteiger partial charge in [0.25, 0.3) is 5.91 Å². The van der Waals surface area contributed by atoms with Gasteiger partial charge in [0.15, 0.2) is 0 Å². The van der Waals surface area contributed by atoms with Crippen LogP contribution in [0.15, 0.2) is 60.0 Å². The molecule has 0 unspecified atom stereocenters. The number of esters is 1. The average Bonchev–Trinajstić information content (AvgIpc) is 3.23. The van der Waals surface area contributed by atoms with Crippen LogP contribution in [0.1, 0.15) is 27.7 Å². The van der Waals surface area contributed by atoms with Crippen molar-refractivity contribution in [1.82, 2.24) is 5.32 Å². The molecule has 0 radical (unpaired) electrons. The molecule has 1 aromatic heterocycles. The van der Waals surface area contributed by atoms with Crippen LogP contribution < -0.4 is 10.8 Å². The van der Waals surface area contributed by atoms with Crippen molar-refractivity contribution >= 4 is 35.8 Å². The van der Waals surface area contributed by atoms with E-state index in [1.165, 1.54) is 11.3 Å². The highest BCUT2D eigenvalue weighted by atomic mass is 32.1. The zero-order chi connectivity index (χ0) is 21.5. The maximum absolute atomic E-state index is 12.5. The lowest BCUT2D eigenvalue weighted by atomic mass is 9.80. The molecule has 3 N–H and O–H groups in total. The van der Waals surface area contributed by atoms with E-state index in [1.54, 1.807) is 31.2 Å². The summed E-state index contributed by atoms with van der Waals surface area (Å²) in [6.07, 6.45) is 0.233. The lowest BCUT2D eigenvalue weighted by molar-refractivity contribution is -0.142. The molecule has 3 rings (SSSR count). The summed E-state index contributed by atoms with van der Waals surface area (Å²) in [5.74, 6) is -0.418. The number of rotatable bonds is 8. The van der Waals surface area contributed by atoms with E-state index < -0.39 is 7.12 Å². The first-order valence-corrected chi connectivity index (χ1v) is 10.4. The molecule has 1 amide bonds. The number of hydrogen-bond acceptors (Lipinski definition) is 6. The quantitative estimate of drug-likeness (QED) is 0.381. The molecule has 8 heteroatoms. The Labute approximate surface area is 179 Å². The van der Waals surface area contributed by atoms with E-state index in [9.17, 15) is 19.6 Å². The minimum atomic E-state index is -1.50. The first kappa shape index (κ1) is 21.8. The van der Waals surface area contributed by atoms with E-state index >= 15 is 0 Å². The molecule has 2 aromatic carbocycles. The van der Waals surface area contributed by atoms with Crippen LogP contribution >= 0.6 is 11.3 Å². The van der Waals surface area contributed by atoms with Gasteiger partial charge in [-0.05, 0) is 46.1 Å². The third-order valence-electron chi connectivity index (χ3n) is 4.50. The van der Waals surface area contributed by atoms with Gasteiger partial charge in [0.05, 0.1) is 17.9 Å². The maximum atomic E-state index is 12.5. The van der Waals surface area contributed by atoms with E-state index in [0.717, 1.165) is 22.3 Å². The highest BCUT2D eigenvalue weighted by Gasteiger charge is 2.13. The summed E-state index contributed by atoms with van der Waals surface area (Å²) in [6, 6.07) is 16.1. The second-order valence-electron chi connectivity index (χ2n) is 6.68. The Morgan fingerprint density at radius 1 is 1.00 bits per heavy atom. The fourth-order valence-electron chi connectivity index (χ4n) is 2.88. The van der Waals surface area contributed by atoms with Gasteiger partial charge in [0.2, 0.25) is 0 Å². The van der Waals surface area contributed by atoms with Gasteiger partial charge in [0, 0.05) is 6.54 Å². The van der Waals surface area contributed by atoms with Crippen molar-refractivity contribution < 1.29 is 24.4 Å². The van der Waals surface area contributed by atoms with Crippen LogP contribution in [-0.4, -0.2) is 35.6 Å². The Morgan fingerprint density at radius 3 is 2.30 bits per heavy atom. The Kier molecular flexibility index (Phi) is 7.40. The summed E-state index contributed by atoms with van der Waals surface area (Å²) in [5.41, 5.74) is 4.01. The number of hydrogen-bond donors (Lipinski definition) is 3. The minimum Gasteiger partial charge on any atom is -0.466 e. The zero-order valence-electron chi connectivity index (χ0n) is 16.5. The standard InChI is InChI=1S/C22H22BNO5S/c1-2-29-21(25)11-15-3-5-16(6-4-15)13-24-22(26)20-12-18(14-30-20)17-7-9-19(10-8-17)23(27)28/h3-10,12,14,27-28H,2,11,13H2,1H3,(H,24,26). The van der Waals surface area contributed by atoms with Gasteiger partial charge in [-0.3, -0.25) is 9.59 Å². The van der Waals surface area contributed by atoms with Gasteiger partial charge in [-0.15, -0.1) is 11.3 Å². The van der Waals surface area contributed by atoms with Crippen molar-refractivity contribution in [2.24, 2.45) is 0 Å². The van der Waals surface area contributed by atoms with Crippen LogP contribution in [0.3, 0.4) is 0 Å². The second-order valence-corrected chi connectivity index (χ2v) is 7.59. The lowest BCUT2D eigenvalue weighted by Gasteiger charge is -2.06. The number of amides is 1. The third kappa shape index (κ3) is 5.79. The van der Waals surface area contributed by atoms with E-state index in [2.05, 4.69) is 5.32 Å². The molecule has 3 aromatic rings. The molecule has 0 aliphatic carbocycles. The zero-order valence-corrected chi connectivity index (χ0v) is 17.3. The van der Waals surface area contributed by atoms with Crippen LogP contribution in [0, 0.1) is 0 Å². The van der Waals surface area contributed by atoms with Crippen LogP contribution in [-0.2, 0) is 22.5 Å². The van der Waals surface area contributed by atoms with Crippen molar-refractivity contribution in [3.05, 3.63) is 76.0 Å². The molecule has 0 aliphatic heterocycles. The van der Waals surface area contributed by atoms with E-state index in [-0.39, 0.29) is 18.3 Å². The van der Waals surface area contributed by atoms with Crippen molar-refractivity contribution in [3.8, 4) is 11.1 Å².